The zero-order chi connectivity index (χ0) is 40.8. The number of rotatable bonds is 4. The molecule has 0 amide bonds. The summed E-state index contributed by atoms with van der Waals surface area (Å²) in [6.45, 7) is 30.0. The van der Waals surface area contributed by atoms with Gasteiger partial charge in [-0.05, 0) is 157 Å². The van der Waals surface area contributed by atoms with Gasteiger partial charge in [-0.15, -0.1) is 0 Å². The van der Waals surface area contributed by atoms with E-state index < -0.39 is 0 Å². The van der Waals surface area contributed by atoms with Crippen LogP contribution in [0.25, 0.3) is 0 Å². The molecule has 0 spiro atoms. The fraction of sp³-hybridized carbons (Fsp3) is 0.978. The van der Waals surface area contributed by atoms with E-state index >= 15 is 0 Å². The van der Waals surface area contributed by atoms with Gasteiger partial charge in [0.2, 0.25) is 0 Å². The highest BCUT2D eigenvalue weighted by molar-refractivity contribution is 5.80. The molecule has 7 fully saturated rings. The first-order valence-electron chi connectivity index (χ1n) is 22.8. The minimum Gasteiger partial charge on any atom is -0.376 e. The maximum Gasteiger partial charge on any atom is 0.159 e. The topological polar surface area (TPSA) is 58.2 Å². The predicted molar refractivity (Wildman–Crippen MR) is 234 cm³/mol. The summed E-state index contributed by atoms with van der Waals surface area (Å²) < 4.78 is 10.7. The molecule has 4 atom stereocenters. The van der Waals surface area contributed by atoms with Gasteiger partial charge in [-0.1, -0.05) is 41.0 Å². The Labute approximate surface area is 341 Å². The number of fused-ring (bicyclic) bond motifs is 2. The second-order valence-electron chi connectivity index (χ2n) is 18.4. The Hall–Kier alpha value is -0.690. The molecule has 0 saturated carbocycles. The van der Waals surface area contributed by atoms with Gasteiger partial charge in [0, 0.05) is 64.4 Å². The third kappa shape index (κ3) is 21.8. The summed E-state index contributed by atoms with van der Waals surface area (Å²) in [4.78, 5) is 27.5. The first kappa shape index (κ1) is 50.5. The monoisotopic (exact) mass is 780 g/mol. The minimum atomic E-state index is -0.182. The zero-order valence-electron chi connectivity index (χ0n) is 38.6. The molecule has 0 radical (unpaired) electrons. The minimum absolute atomic E-state index is 0.131. The maximum atomic E-state index is 10.8. The number of piperidine rings is 3. The highest BCUT2D eigenvalue weighted by Gasteiger charge is 2.36. The molecular formula is C45H93N7O3. The van der Waals surface area contributed by atoms with Gasteiger partial charge in [-0.3, -0.25) is 4.79 Å². The molecule has 0 aromatic carbocycles. The molecule has 2 bridgehead atoms. The van der Waals surface area contributed by atoms with Crippen LogP contribution in [0, 0.1) is 17.8 Å². The van der Waals surface area contributed by atoms with Crippen LogP contribution in [0.4, 0.5) is 0 Å². The van der Waals surface area contributed by atoms with Crippen molar-refractivity contribution in [3.63, 3.8) is 0 Å². The average molecular weight is 780 g/mol. The standard InChI is InChI=1S/C9H17N.C8H17N.C7H16N2.C7H13NO2.C7H15NO.C7H15N/c1-7-5-8-3-4-9(6-7)10(8)2;1-3-8-4-6-9(2)7-5-8;1-3-9-6-4-8(2)5-7-9;1-6(9)7-5-8(2)3-4-10-7;1-3-7-6-8(2)4-5-9-7;1-7-3-5-8(2)6-4-7/h7-9H,3-6H2,1-2H3;8H,3-7H2,1-2H3;3-7H2,1-2H3;7H,3-5H2,1-2H3;7H,3-6H2,1-2H3;7H,3-6H2,1-2H3. The van der Waals surface area contributed by atoms with Crippen molar-refractivity contribution < 1.29 is 14.3 Å². The van der Waals surface area contributed by atoms with E-state index in [1.165, 1.54) is 117 Å². The van der Waals surface area contributed by atoms with Gasteiger partial charge >= 0.3 is 0 Å². The number of hydrogen-bond acceptors (Lipinski definition) is 10. The number of likely N-dealkylation sites (N-methyl/N-ethyl adjacent to an activating group) is 4. The molecule has 7 saturated heterocycles. The van der Waals surface area contributed by atoms with Crippen LogP contribution in [0.1, 0.15) is 106 Å². The van der Waals surface area contributed by atoms with Crippen LogP contribution in [-0.2, 0) is 14.3 Å². The average Bonchev–Trinajstić information content (AvgIpc) is 3.38. The Morgan fingerprint density at radius 1 is 0.545 bits per heavy atom. The number of likely N-dealkylation sites (tertiary alicyclic amines) is 2. The van der Waals surface area contributed by atoms with Gasteiger partial charge in [-0.25, -0.2) is 0 Å². The van der Waals surface area contributed by atoms with Crippen LogP contribution >= 0.6 is 0 Å². The molecular weight excluding hydrogens is 687 g/mol. The number of morpholine rings is 2. The molecule has 7 aliphatic heterocycles. The van der Waals surface area contributed by atoms with Crippen LogP contribution < -0.4 is 0 Å². The van der Waals surface area contributed by atoms with Gasteiger partial charge in [0.25, 0.3) is 0 Å². The molecule has 0 aromatic rings. The van der Waals surface area contributed by atoms with E-state index in [0.717, 1.165) is 69.0 Å². The van der Waals surface area contributed by atoms with Crippen molar-refractivity contribution >= 4 is 5.78 Å². The number of ether oxygens (including phenoxy) is 2. The number of Topliss-reactive ketones (excluding diaryl/α,β-unsaturated/α-hetero) is 1. The molecule has 0 N–H and O–H groups in total. The van der Waals surface area contributed by atoms with E-state index in [1.807, 2.05) is 7.05 Å². The van der Waals surface area contributed by atoms with Crippen molar-refractivity contribution in [2.45, 2.75) is 130 Å². The van der Waals surface area contributed by atoms with Crippen molar-refractivity contribution in [1.82, 2.24) is 34.3 Å². The van der Waals surface area contributed by atoms with E-state index in [-0.39, 0.29) is 11.9 Å². The van der Waals surface area contributed by atoms with E-state index in [1.54, 1.807) is 6.92 Å². The van der Waals surface area contributed by atoms with Crippen LogP contribution in [0.15, 0.2) is 0 Å². The molecule has 55 heavy (non-hydrogen) atoms. The lowest BCUT2D eigenvalue weighted by molar-refractivity contribution is -0.133. The van der Waals surface area contributed by atoms with Gasteiger partial charge in [-0.2, -0.15) is 0 Å². The van der Waals surface area contributed by atoms with Crippen molar-refractivity contribution in [1.29, 1.82) is 0 Å². The summed E-state index contributed by atoms with van der Waals surface area (Å²) >= 11 is 0. The Kier molecular flexibility index (Phi) is 26.3. The van der Waals surface area contributed by atoms with Gasteiger partial charge < -0.3 is 43.8 Å². The lowest BCUT2D eigenvalue weighted by Gasteiger charge is -2.34. The van der Waals surface area contributed by atoms with Gasteiger partial charge in [0.05, 0.1) is 19.3 Å². The van der Waals surface area contributed by atoms with Crippen molar-refractivity contribution in [3.05, 3.63) is 0 Å². The molecule has 7 rings (SSSR count). The summed E-state index contributed by atoms with van der Waals surface area (Å²) in [7, 11) is 13.0. The fourth-order valence-corrected chi connectivity index (χ4v) is 8.59. The summed E-state index contributed by atoms with van der Waals surface area (Å²) in [5.74, 6) is 3.13. The van der Waals surface area contributed by atoms with Crippen LogP contribution in [0.2, 0.25) is 0 Å². The molecule has 0 aromatic heterocycles. The number of carbonyl (C=O) groups is 1. The second-order valence-corrected chi connectivity index (χ2v) is 18.4. The Balaban J connectivity index is 0.000000228. The predicted octanol–water partition coefficient (Wildman–Crippen LogP) is 5.85. The number of nitrogens with zero attached hydrogens (tertiary/aromatic N) is 7. The zero-order valence-corrected chi connectivity index (χ0v) is 38.6. The van der Waals surface area contributed by atoms with Crippen LogP contribution in [0.5, 0.6) is 0 Å². The molecule has 10 heteroatoms. The van der Waals surface area contributed by atoms with Crippen LogP contribution in [0.3, 0.4) is 0 Å². The largest absolute Gasteiger partial charge is 0.376 e. The van der Waals surface area contributed by atoms with E-state index in [4.69, 9.17) is 9.47 Å². The quantitative estimate of drug-likeness (QED) is 0.348. The summed E-state index contributed by atoms with van der Waals surface area (Å²) in [6.07, 6.45) is 14.3. The Bertz CT molecular complexity index is 907. The Morgan fingerprint density at radius 2 is 1.04 bits per heavy atom. The number of hydrogen-bond donors (Lipinski definition) is 0. The lowest BCUT2D eigenvalue weighted by atomic mass is 9.93. The first-order chi connectivity index (χ1) is 26.2. The second kappa shape index (κ2) is 28.7. The van der Waals surface area contributed by atoms with E-state index in [2.05, 4.69) is 104 Å². The third-order valence-electron chi connectivity index (χ3n) is 13.3. The molecule has 10 nitrogen and oxygen atoms in total. The lowest BCUT2D eigenvalue weighted by Crippen LogP contribution is -2.44. The number of piperazine rings is 1. The van der Waals surface area contributed by atoms with Crippen LogP contribution in [-0.4, -0.2) is 205 Å². The van der Waals surface area contributed by atoms with E-state index in [9.17, 15) is 4.79 Å². The van der Waals surface area contributed by atoms with Gasteiger partial charge in [0.15, 0.2) is 5.78 Å². The summed E-state index contributed by atoms with van der Waals surface area (Å²) in [6, 6.07) is 1.88. The maximum absolute atomic E-state index is 10.8. The summed E-state index contributed by atoms with van der Waals surface area (Å²) in [5.41, 5.74) is 0. The van der Waals surface area contributed by atoms with Crippen molar-refractivity contribution in [2.24, 2.45) is 17.8 Å². The fourth-order valence-electron chi connectivity index (χ4n) is 8.59. The molecule has 7 heterocycles. The van der Waals surface area contributed by atoms with Crippen molar-refractivity contribution in [3.8, 4) is 0 Å². The number of carbonyl (C=O) groups excluding carboxylic acids is 1. The molecule has 7 aliphatic rings. The first-order valence-corrected chi connectivity index (χ1v) is 22.8. The molecule has 4 unspecified atom stereocenters. The molecule has 326 valence electrons. The normalized spacial score (nSPS) is 30.8. The third-order valence-corrected chi connectivity index (χ3v) is 13.3. The highest BCUT2D eigenvalue weighted by atomic mass is 16.5. The Morgan fingerprint density at radius 3 is 1.44 bits per heavy atom. The van der Waals surface area contributed by atoms with E-state index in [0.29, 0.717) is 12.7 Å². The van der Waals surface area contributed by atoms with Gasteiger partial charge in [0.1, 0.15) is 6.10 Å². The SMILES string of the molecule is CC(=O)C1CN(C)CCO1.CC1CC2CCC(C1)N2C.CC1CCN(C)CC1.CCC1CCN(C)CC1.CCC1CN(C)CCO1.CCN1CCN(C)CC1. The smallest absolute Gasteiger partial charge is 0.159 e. The highest BCUT2D eigenvalue weighted by Crippen LogP contribution is 2.36. The number of ketones is 1. The summed E-state index contributed by atoms with van der Waals surface area (Å²) in [5, 5.41) is 0. The van der Waals surface area contributed by atoms with Crippen molar-refractivity contribution in [2.75, 3.05) is 141 Å². The molecule has 0 aliphatic carbocycles.